The van der Waals surface area contributed by atoms with Crippen LogP contribution in [0.15, 0.2) is 97.1 Å². The van der Waals surface area contributed by atoms with Gasteiger partial charge in [-0.1, -0.05) is 60.7 Å². The number of nitrogens with one attached hydrogen (secondary N) is 2. The molecule has 1 unspecified atom stereocenters. The van der Waals surface area contributed by atoms with Gasteiger partial charge in [-0.3, -0.25) is 29.8 Å². The first-order valence-corrected chi connectivity index (χ1v) is 18.4. The first kappa shape index (κ1) is 42.7. The van der Waals surface area contributed by atoms with Crippen LogP contribution in [0.5, 0.6) is 0 Å². The number of H-pyrrole nitrogens is 2. The van der Waals surface area contributed by atoms with Gasteiger partial charge in [-0.15, -0.1) is 0 Å². The number of hydrogen-bond donors (Lipinski definition) is 3. The Morgan fingerprint density at radius 3 is 1.53 bits per heavy atom. The number of rotatable bonds is 20. The average Bonchev–Trinajstić information content (AvgIpc) is 3.87. The van der Waals surface area contributed by atoms with Crippen molar-refractivity contribution in [3.63, 3.8) is 0 Å². The van der Waals surface area contributed by atoms with Crippen LogP contribution in [-0.4, -0.2) is 83.6 Å². The van der Waals surface area contributed by atoms with Gasteiger partial charge in [0, 0.05) is 34.3 Å². The van der Waals surface area contributed by atoms with E-state index in [2.05, 4.69) is 14.7 Å². The van der Waals surface area contributed by atoms with Crippen molar-refractivity contribution in [2.45, 2.75) is 26.6 Å². The molecule has 0 aliphatic rings. The number of methoxy groups -OCH3 is 1. The summed E-state index contributed by atoms with van der Waals surface area (Å²) in [5, 5.41) is 33.3. The Balaban J connectivity index is 0.000000221. The van der Waals surface area contributed by atoms with Crippen LogP contribution in [0.3, 0.4) is 0 Å². The molecule has 0 saturated heterocycles. The maximum absolute atomic E-state index is 11.5. The number of benzene rings is 4. The van der Waals surface area contributed by atoms with Gasteiger partial charge in [0.05, 0.1) is 82.2 Å². The quantitative estimate of drug-likeness (QED) is 0.0291. The van der Waals surface area contributed by atoms with Gasteiger partial charge in [-0.25, -0.2) is 0 Å². The molecule has 0 radical (unpaired) electrons. The number of aliphatic carboxylic acids is 1. The fraction of sp³-hybridized carbons (Fsp3) is 0.286. The molecular formula is C42H44N4O12. The zero-order valence-electron chi connectivity index (χ0n) is 32.0. The fourth-order valence-corrected chi connectivity index (χ4v) is 5.88. The van der Waals surface area contributed by atoms with Crippen molar-refractivity contribution in [3.8, 4) is 22.5 Å². The third-order valence-corrected chi connectivity index (χ3v) is 8.85. The van der Waals surface area contributed by atoms with Gasteiger partial charge in [-0.05, 0) is 53.4 Å². The molecule has 4 aromatic carbocycles. The Bertz CT molecular complexity index is 2310. The van der Waals surface area contributed by atoms with E-state index in [0.29, 0.717) is 35.4 Å². The molecule has 0 saturated carbocycles. The first-order chi connectivity index (χ1) is 28.0. The highest BCUT2D eigenvalue weighted by atomic mass is 16.6. The van der Waals surface area contributed by atoms with Crippen molar-refractivity contribution in [3.05, 3.63) is 128 Å². The van der Waals surface area contributed by atoms with E-state index in [4.69, 9.17) is 24.1 Å². The van der Waals surface area contributed by atoms with E-state index < -0.39 is 21.7 Å². The molecule has 6 aromatic rings. The standard InChI is InChI=1S/2C21H22N2O6/c1-14(21(24)25)12-28-7-8-29-13-15-9-17-11-18(16-5-3-2-4-6-16)22-20(17)19(10-15)23(26)27;1-27-20(24)7-8-28-9-10-29-14-15-11-17-13-18(16-5-3-2-4-6-16)22-21(17)19(12-15)23(25)26/h2-6,9-11,14,22H,7-8,12-13H2,1H3,(H,24,25);2-6,11-13,22H,7-10,14H2,1H3. The van der Waals surface area contributed by atoms with Crippen molar-refractivity contribution < 1.29 is 48.2 Å². The van der Waals surface area contributed by atoms with Crippen LogP contribution >= 0.6 is 0 Å². The molecule has 0 aliphatic carbocycles. The number of nitro benzene ring substituents is 2. The Morgan fingerprint density at radius 1 is 0.655 bits per heavy atom. The van der Waals surface area contributed by atoms with Gasteiger partial charge in [0.15, 0.2) is 0 Å². The number of carbonyl (C=O) groups excluding carboxylic acids is 1. The SMILES string of the molecule is CC(COCCOCc1cc([N+](=O)[O-])c2[nH]c(-c3ccccc3)cc2c1)C(=O)O.COC(=O)CCOCCOCc1cc([N+](=O)[O-])c2[nH]c(-c3ccccc3)cc2c1. The number of fused-ring (bicyclic) bond motifs is 2. The van der Waals surface area contributed by atoms with E-state index in [0.717, 1.165) is 33.3 Å². The molecule has 3 N–H and O–H groups in total. The molecule has 0 amide bonds. The second-order valence-electron chi connectivity index (χ2n) is 13.1. The number of esters is 1. The Kier molecular flexibility index (Phi) is 15.6. The minimum Gasteiger partial charge on any atom is -0.481 e. The summed E-state index contributed by atoms with van der Waals surface area (Å²) in [5.74, 6) is -1.81. The zero-order valence-corrected chi connectivity index (χ0v) is 32.0. The molecule has 0 aliphatic heterocycles. The summed E-state index contributed by atoms with van der Waals surface area (Å²) in [5.41, 5.74) is 5.89. The van der Waals surface area contributed by atoms with Crippen molar-refractivity contribution >= 4 is 45.1 Å². The second-order valence-corrected chi connectivity index (χ2v) is 13.1. The van der Waals surface area contributed by atoms with Crippen LogP contribution in [0.4, 0.5) is 11.4 Å². The highest BCUT2D eigenvalue weighted by Gasteiger charge is 2.19. The summed E-state index contributed by atoms with van der Waals surface area (Å²) in [6, 6.07) is 29.8. The Hall–Kier alpha value is -6.46. The Morgan fingerprint density at radius 2 is 1.10 bits per heavy atom. The lowest BCUT2D eigenvalue weighted by Crippen LogP contribution is -2.17. The predicted octanol–water partition coefficient (Wildman–Crippen LogP) is 7.84. The van der Waals surface area contributed by atoms with Crippen LogP contribution < -0.4 is 0 Å². The molecule has 0 bridgehead atoms. The van der Waals surface area contributed by atoms with Crippen LogP contribution in [0.2, 0.25) is 0 Å². The molecule has 1 atom stereocenters. The molecular weight excluding hydrogens is 752 g/mol. The molecule has 6 rings (SSSR count). The summed E-state index contributed by atoms with van der Waals surface area (Å²) in [7, 11) is 1.33. The molecule has 2 heterocycles. The second kappa shape index (κ2) is 21.2. The van der Waals surface area contributed by atoms with E-state index in [1.165, 1.54) is 19.2 Å². The summed E-state index contributed by atoms with van der Waals surface area (Å²) in [4.78, 5) is 50.2. The lowest BCUT2D eigenvalue weighted by atomic mass is 10.1. The molecule has 0 fully saturated rings. The minimum absolute atomic E-state index is 0.00480. The van der Waals surface area contributed by atoms with Gasteiger partial charge in [0.25, 0.3) is 11.4 Å². The molecule has 2 aromatic heterocycles. The van der Waals surface area contributed by atoms with Crippen molar-refractivity contribution in [2.24, 2.45) is 5.92 Å². The molecule has 16 heteroatoms. The predicted molar refractivity (Wildman–Crippen MR) is 215 cm³/mol. The number of non-ortho nitro benzene ring substituents is 2. The highest BCUT2D eigenvalue weighted by Crippen LogP contribution is 2.33. The van der Waals surface area contributed by atoms with E-state index >= 15 is 0 Å². The average molecular weight is 797 g/mol. The van der Waals surface area contributed by atoms with Crippen LogP contribution in [0.1, 0.15) is 24.5 Å². The van der Waals surface area contributed by atoms with E-state index in [1.54, 1.807) is 6.92 Å². The summed E-state index contributed by atoms with van der Waals surface area (Å²) < 4.78 is 26.2. The van der Waals surface area contributed by atoms with E-state index in [9.17, 15) is 29.8 Å². The lowest BCUT2D eigenvalue weighted by Gasteiger charge is -2.08. The van der Waals surface area contributed by atoms with Gasteiger partial charge in [0.2, 0.25) is 0 Å². The van der Waals surface area contributed by atoms with Crippen LogP contribution in [0, 0.1) is 26.1 Å². The maximum atomic E-state index is 11.5. The number of hydrogen-bond acceptors (Lipinski definition) is 11. The van der Waals surface area contributed by atoms with E-state index in [1.807, 2.05) is 84.9 Å². The smallest absolute Gasteiger partial charge is 0.308 e. The highest BCUT2D eigenvalue weighted by molar-refractivity contribution is 5.94. The summed E-state index contributed by atoms with van der Waals surface area (Å²) in [6.45, 7) is 3.52. The van der Waals surface area contributed by atoms with Crippen molar-refractivity contribution in [2.75, 3.05) is 46.8 Å². The maximum Gasteiger partial charge on any atom is 0.308 e. The minimum atomic E-state index is -0.909. The molecule has 16 nitrogen and oxygen atoms in total. The van der Waals surface area contributed by atoms with Gasteiger partial charge in [0.1, 0.15) is 11.0 Å². The lowest BCUT2D eigenvalue weighted by molar-refractivity contribution is -0.383. The first-order valence-electron chi connectivity index (χ1n) is 18.4. The summed E-state index contributed by atoms with van der Waals surface area (Å²) in [6.07, 6.45) is 0.191. The van der Waals surface area contributed by atoms with Gasteiger partial charge in [-0.2, -0.15) is 0 Å². The van der Waals surface area contributed by atoms with Crippen LogP contribution in [0.25, 0.3) is 44.3 Å². The third-order valence-electron chi connectivity index (χ3n) is 8.85. The Labute approximate surface area is 332 Å². The number of aromatic amines is 2. The number of carboxylic acid groups (broad SMARTS) is 1. The third kappa shape index (κ3) is 12.0. The molecule has 304 valence electrons. The normalized spacial score (nSPS) is 11.6. The zero-order chi connectivity index (χ0) is 41.4. The monoisotopic (exact) mass is 796 g/mol. The van der Waals surface area contributed by atoms with Crippen molar-refractivity contribution in [1.82, 2.24) is 9.97 Å². The van der Waals surface area contributed by atoms with E-state index in [-0.39, 0.29) is 63.4 Å². The number of ether oxygens (including phenoxy) is 5. The molecule has 58 heavy (non-hydrogen) atoms. The van der Waals surface area contributed by atoms with Crippen molar-refractivity contribution in [1.29, 1.82) is 0 Å². The largest absolute Gasteiger partial charge is 0.481 e. The summed E-state index contributed by atoms with van der Waals surface area (Å²) >= 11 is 0. The topological polar surface area (TPSA) is 218 Å². The van der Waals surface area contributed by atoms with Gasteiger partial charge < -0.3 is 38.8 Å². The number of carboxylic acids is 1. The van der Waals surface area contributed by atoms with Gasteiger partial charge >= 0.3 is 11.9 Å². The number of carbonyl (C=O) groups is 2. The molecule has 0 spiro atoms. The fourth-order valence-electron chi connectivity index (χ4n) is 5.88. The number of nitro groups is 2. The van der Waals surface area contributed by atoms with Crippen LogP contribution in [-0.2, 0) is 46.5 Å². The number of nitrogens with zero attached hydrogens (tertiary/aromatic N) is 2. The number of aromatic nitrogens is 2.